The zero-order valence-electron chi connectivity index (χ0n) is 14.4. The number of para-hydroxylation sites is 3. The molecule has 2 heterocycles. The van der Waals surface area contributed by atoms with E-state index in [4.69, 9.17) is 9.57 Å². The van der Waals surface area contributed by atoms with Gasteiger partial charge in [-0.2, -0.15) is 13.2 Å². The average Bonchev–Trinajstić information content (AvgIpc) is 3.27. The number of nitrogens with zero attached hydrogens (tertiary/aromatic N) is 3. The topological polar surface area (TPSA) is 48.6 Å². The van der Waals surface area contributed by atoms with E-state index in [1.54, 1.807) is 37.4 Å². The van der Waals surface area contributed by atoms with E-state index in [0.717, 1.165) is 10.1 Å². The predicted octanol–water partition coefficient (Wildman–Crippen LogP) is 4.26. The highest BCUT2D eigenvalue weighted by molar-refractivity contribution is 6.03. The summed E-state index contributed by atoms with van der Waals surface area (Å²) in [6.45, 7) is -0.00247. The largest absolute Gasteiger partial charge is 0.496 e. The summed E-state index contributed by atoms with van der Waals surface area (Å²) in [5.74, 6) is -0.289. The van der Waals surface area contributed by atoms with Gasteiger partial charge in [0.15, 0.2) is 6.10 Å². The van der Waals surface area contributed by atoms with Crippen LogP contribution in [0.1, 0.15) is 17.8 Å². The van der Waals surface area contributed by atoms with Crippen LogP contribution in [-0.4, -0.2) is 28.5 Å². The van der Waals surface area contributed by atoms with Crippen LogP contribution in [0.4, 0.5) is 13.2 Å². The maximum Gasteiger partial charge on any atom is 0.449 e. The summed E-state index contributed by atoms with van der Waals surface area (Å²) in [5, 5.41) is 4.07. The van der Waals surface area contributed by atoms with Crippen molar-refractivity contribution in [2.75, 3.05) is 7.11 Å². The van der Waals surface area contributed by atoms with E-state index in [1.807, 2.05) is 18.2 Å². The minimum Gasteiger partial charge on any atom is -0.496 e. The van der Waals surface area contributed by atoms with Crippen molar-refractivity contribution >= 4 is 16.7 Å². The zero-order valence-corrected chi connectivity index (χ0v) is 14.4. The van der Waals surface area contributed by atoms with Crippen molar-refractivity contribution in [2.24, 2.45) is 5.16 Å². The molecule has 1 aliphatic heterocycles. The lowest BCUT2D eigenvalue weighted by Gasteiger charge is -2.14. The first kappa shape index (κ1) is 17.4. The van der Waals surface area contributed by atoms with Crippen molar-refractivity contribution in [1.82, 2.24) is 9.55 Å². The van der Waals surface area contributed by atoms with E-state index in [0.29, 0.717) is 28.9 Å². The van der Waals surface area contributed by atoms with Gasteiger partial charge in [-0.3, -0.25) is 0 Å². The molecule has 27 heavy (non-hydrogen) atoms. The first-order chi connectivity index (χ1) is 13.0. The molecule has 0 N–H and O–H groups in total. The third-order valence-electron chi connectivity index (χ3n) is 4.45. The summed E-state index contributed by atoms with van der Waals surface area (Å²) >= 11 is 0. The van der Waals surface area contributed by atoms with Crippen LogP contribution in [-0.2, 0) is 17.6 Å². The zero-order chi connectivity index (χ0) is 19.0. The first-order valence-corrected chi connectivity index (χ1v) is 8.36. The monoisotopic (exact) mass is 375 g/mol. The molecule has 0 aliphatic carbocycles. The third-order valence-corrected chi connectivity index (χ3v) is 4.45. The second-order valence-electron chi connectivity index (χ2n) is 6.20. The second-order valence-corrected chi connectivity index (χ2v) is 6.20. The summed E-state index contributed by atoms with van der Waals surface area (Å²) in [4.78, 5) is 9.18. The molecular weight excluding hydrogens is 359 g/mol. The highest BCUT2D eigenvalue weighted by atomic mass is 19.4. The Kier molecular flexibility index (Phi) is 4.25. The van der Waals surface area contributed by atoms with Gasteiger partial charge in [0.05, 0.1) is 30.4 Å². The highest BCUT2D eigenvalue weighted by Gasteiger charge is 2.38. The molecular formula is C19H16F3N3O2. The Bertz CT molecular complexity index is 1010. The van der Waals surface area contributed by atoms with Crippen molar-refractivity contribution in [2.45, 2.75) is 25.2 Å². The van der Waals surface area contributed by atoms with Crippen molar-refractivity contribution in [3.05, 3.63) is 59.9 Å². The van der Waals surface area contributed by atoms with E-state index in [1.165, 1.54) is 0 Å². The minimum absolute atomic E-state index is 0.00247. The Labute approximate surface area is 153 Å². The molecule has 3 aromatic rings. The maximum absolute atomic E-state index is 13.4. The lowest BCUT2D eigenvalue weighted by molar-refractivity contribution is -0.147. The van der Waals surface area contributed by atoms with Crippen LogP contribution in [0.3, 0.4) is 0 Å². The van der Waals surface area contributed by atoms with Crippen LogP contribution < -0.4 is 4.74 Å². The number of imidazole rings is 1. The molecule has 1 atom stereocenters. The standard InChI is InChI=1S/C19H16F3N3O2/c1-26-17-9-5-2-6-13(17)15-10-12(27-24-15)11-25-16-8-4-3-7-14(16)23-18(25)19(20,21)22/h2-9,12H,10-11H2,1H3. The molecule has 0 saturated heterocycles. The third kappa shape index (κ3) is 3.22. The van der Waals surface area contributed by atoms with Gasteiger partial charge in [0.2, 0.25) is 5.82 Å². The van der Waals surface area contributed by atoms with Gasteiger partial charge in [0, 0.05) is 12.0 Å². The van der Waals surface area contributed by atoms with Crippen LogP contribution in [0, 0.1) is 0 Å². The van der Waals surface area contributed by atoms with Gasteiger partial charge in [-0.15, -0.1) is 0 Å². The fourth-order valence-corrected chi connectivity index (χ4v) is 3.25. The molecule has 0 spiro atoms. The quantitative estimate of drug-likeness (QED) is 0.685. The maximum atomic E-state index is 13.4. The highest BCUT2D eigenvalue weighted by Crippen LogP contribution is 2.33. The Hall–Kier alpha value is -3.03. The molecule has 4 rings (SSSR count). The number of rotatable bonds is 4. The van der Waals surface area contributed by atoms with Gasteiger partial charge in [0.25, 0.3) is 0 Å². The minimum atomic E-state index is -4.55. The molecule has 0 fully saturated rings. The molecule has 0 saturated carbocycles. The van der Waals surface area contributed by atoms with Crippen LogP contribution in [0.2, 0.25) is 0 Å². The summed E-state index contributed by atoms with van der Waals surface area (Å²) in [6.07, 6.45) is -4.70. The fourth-order valence-electron chi connectivity index (χ4n) is 3.25. The summed E-state index contributed by atoms with van der Waals surface area (Å²) in [6, 6.07) is 13.9. The molecule has 8 heteroatoms. The van der Waals surface area contributed by atoms with E-state index in [2.05, 4.69) is 10.1 Å². The van der Waals surface area contributed by atoms with E-state index >= 15 is 0 Å². The molecule has 140 valence electrons. The molecule has 0 amide bonds. The molecule has 0 bridgehead atoms. The molecule has 2 aromatic carbocycles. The summed E-state index contributed by atoms with van der Waals surface area (Å²) in [5.41, 5.74) is 2.14. The number of ether oxygens (including phenoxy) is 1. The summed E-state index contributed by atoms with van der Waals surface area (Å²) < 4.78 is 46.8. The number of methoxy groups -OCH3 is 1. The summed E-state index contributed by atoms with van der Waals surface area (Å²) in [7, 11) is 1.56. The van der Waals surface area contributed by atoms with Crippen LogP contribution in [0.25, 0.3) is 11.0 Å². The number of aromatic nitrogens is 2. The molecule has 5 nitrogen and oxygen atoms in total. The van der Waals surface area contributed by atoms with Crippen molar-refractivity contribution in [3.8, 4) is 5.75 Å². The van der Waals surface area contributed by atoms with Crippen LogP contribution >= 0.6 is 0 Å². The van der Waals surface area contributed by atoms with Crippen molar-refractivity contribution < 1.29 is 22.7 Å². The predicted molar refractivity (Wildman–Crippen MR) is 93.8 cm³/mol. The van der Waals surface area contributed by atoms with Gasteiger partial charge < -0.3 is 14.1 Å². The Morgan fingerprint density at radius 1 is 1.15 bits per heavy atom. The lowest BCUT2D eigenvalue weighted by Crippen LogP contribution is -2.22. The van der Waals surface area contributed by atoms with E-state index in [-0.39, 0.29) is 6.54 Å². The molecule has 1 aromatic heterocycles. The van der Waals surface area contributed by atoms with Crippen LogP contribution in [0.15, 0.2) is 53.7 Å². The van der Waals surface area contributed by atoms with Gasteiger partial charge in [0.1, 0.15) is 5.75 Å². The average molecular weight is 375 g/mol. The number of halogens is 3. The Morgan fingerprint density at radius 2 is 1.89 bits per heavy atom. The second kappa shape index (κ2) is 6.61. The number of fused-ring (bicyclic) bond motifs is 1. The van der Waals surface area contributed by atoms with Gasteiger partial charge in [-0.25, -0.2) is 4.98 Å². The van der Waals surface area contributed by atoms with Crippen molar-refractivity contribution in [1.29, 1.82) is 0 Å². The molecule has 1 unspecified atom stereocenters. The first-order valence-electron chi connectivity index (χ1n) is 8.36. The van der Waals surface area contributed by atoms with Crippen LogP contribution in [0.5, 0.6) is 5.75 Å². The number of hydrogen-bond donors (Lipinski definition) is 0. The number of hydrogen-bond acceptors (Lipinski definition) is 4. The normalized spacial score (nSPS) is 17.0. The van der Waals surface area contributed by atoms with Crippen molar-refractivity contribution in [3.63, 3.8) is 0 Å². The van der Waals surface area contributed by atoms with Gasteiger partial charge in [-0.05, 0) is 24.3 Å². The number of benzene rings is 2. The van der Waals surface area contributed by atoms with Gasteiger partial charge >= 0.3 is 6.18 Å². The SMILES string of the molecule is COc1ccccc1C1=NOC(Cn2c(C(F)(F)F)nc3ccccc32)C1. The van der Waals surface area contributed by atoms with Gasteiger partial charge in [-0.1, -0.05) is 29.4 Å². The Morgan fingerprint density at radius 3 is 2.67 bits per heavy atom. The molecule has 0 radical (unpaired) electrons. The number of alkyl halides is 3. The number of oxime groups is 1. The Balaban J connectivity index is 1.61. The van der Waals surface area contributed by atoms with E-state index in [9.17, 15) is 13.2 Å². The molecule has 1 aliphatic rings. The van der Waals surface area contributed by atoms with E-state index < -0.39 is 18.1 Å². The lowest BCUT2D eigenvalue weighted by atomic mass is 10.0. The smallest absolute Gasteiger partial charge is 0.449 e. The fraction of sp³-hybridized carbons (Fsp3) is 0.263.